The van der Waals surface area contributed by atoms with Gasteiger partial charge in [0.2, 0.25) is 5.91 Å². The molecule has 1 aliphatic rings. The second-order valence-electron chi connectivity index (χ2n) is 4.21. The van der Waals surface area contributed by atoms with Gasteiger partial charge in [0.05, 0.1) is 13.1 Å². The largest absolute Gasteiger partial charge is 0.345 e. The molecule has 1 amide bonds. The smallest absolute Gasteiger partial charge is 0.223 e. The lowest BCUT2D eigenvalue weighted by molar-refractivity contribution is -0.123. The Morgan fingerprint density at radius 1 is 1.33 bits per heavy atom. The Kier molecular flexibility index (Phi) is 5.20. The minimum absolute atomic E-state index is 0.0467. The highest BCUT2D eigenvalue weighted by Crippen LogP contribution is 2.05. The highest BCUT2D eigenvalue weighted by Gasteiger charge is 2.08. The first kappa shape index (κ1) is 12.1. The van der Waals surface area contributed by atoms with Crippen LogP contribution >= 0.6 is 0 Å². The average molecular weight is 208 g/mol. The SMILES string of the molecule is CC(C)C(=O)NCC#CCN1CCCC1. The molecule has 0 atom stereocenters. The summed E-state index contributed by atoms with van der Waals surface area (Å²) in [6.07, 6.45) is 2.59. The number of nitrogens with one attached hydrogen (secondary N) is 1. The number of amides is 1. The van der Waals surface area contributed by atoms with Crippen molar-refractivity contribution in [2.24, 2.45) is 5.92 Å². The molecule has 1 aliphatic heterocycles. The molecule has 0 spiro atoms. The van der Waals surface area contributed by atoms with Crippen LogP contribution in [0.15, 0.2) is 0 Å². The van der Waals surface area contributed by atoms with Gasteiger partial charge in [0.15, 0.2) is 0 Å². The van der Waals surface area contributed by atoms with Crippen molar-refractivity contribution in [2.45, 2.75) is 26.7 Å². The van der Waals surface area contributed by atoms with Crippen molar-refractivity contribution in [1.82, 2.24) is 10.2 Å². The van der Waals surface area contributed by atoms with Gasteiger partial charge < -0.3 is 5.32 Å². The number of hydrogen-bond donors (Lipinski definition) is 1. The molecule has 1 saturated heterocycles. The summed E-state index contributed by atoms with van der Waals surface area (Å²) in [6.45, 7) is 7.43. The molecule has 0 aliphatic carbocycles. The third-order valence-corrected chi connectivity index (χ3v) is 2.50. The van der Waals surface area contributed by atoms with Gasteiger partial charge in [0.25, 0.3) is 0 Å². The zero-order valence-electron chi connectivity index (χ0n) is 9.68. The van der Waals surface area contributed by atoms with Crippen molar-refractivity contribution in [1.29, 1.82) is 0 Å². The van der Waals surface area contributed by atoms with Gasteiger partial charge in [-0.15, -0.1) is 0 Å². The summed E-state index contributed by atoms with van der Waals surface area (Å²) in [4.78, 5) is 13.5. The number of nitrogens with zero attached hydrogens (tertiary/aromatic N) is 1. The Balaban J connectivity index is 2.08. The van der Waals surface area contributed by atoms with E-state index in [1.165, 1.54) is 25.9 Å². The zero-order valence-corrected chi connectivity index (χ0v) is 9.68. The van der Waals surface area contributed by atoms with Gasteiger partial charge in [-0.25, -0.2) is 0 Å². The molecular weight excluding hydrogens is 188 g/mol. The van der Waals surface area contributed by atoms with Gasteiger partial charge >= 0.3 is 0 Å². The molecule has 1 heterocycles. The first-order valence-electron chi connectivity index (χ1n) is 5.66. The number of likely N-dealkylation sites (tertiary alicyclic amines) is 1. The summed E-state index contributed by atoms with van der Waals surface area (Å²) >= 11 is 0. The van der Waals surface area contributed by atoms with E-state index in [-0.39, 0.29) is 11.8 Å². The lowest BCUT2D eigenvalue weighted by atomic mass is 10.2. The van der Waals surface area contributed by atoms with E-state index in [2.05, 4.69) is 22.1 Å². The fourth-order valence-corrected chi connectivity index (χ4v) is 1.51. The molecule has 0 aromatic heterocycles. The standard InChI is InChI=1S/C12H20N2O/c1-11(2)12(15)13-7-3-4-8-14-9-5-6-10-14/h11H,5-10H2,1-2H3,(H,13,15). The Morgan fingerprint density at radius 2 is 2.00 bits per heavy atom. The molecule has 3 nitrogen and oxygen atoms in total. The van der Waals surface area contributed by atoms with E-state index in [0.29, 0.717) is 6.54 Å². The molecule has 0 radical (unpaired) electrons. The van der Waals surface area contributed by atoms with Crippen molar-refractivity contribution in [3.05, 3.63) is 0 Å². The van der Waals surface area contributed by atoms with Gasteiger partial charge in [-0.3, -0.25) is 9.69 Å². The average Bonchev–Trinajstić information content (AvgIpc) is 2.69. The maximum atomic E-state index is 11.2. The van der Waals surface area contributed by atoms with E-state index in [0.717, 1.165) is 6.54 Å². The van der Waals surface area contributed by atoms with E-state index >= 15 is 0 Å². The Hall–Kier alpha value is -1.01. The van der Waals surface area contributed by atoms with Crippen LogP contribution in [0.5, 0.6) is 0 Å². The quantitative estimate of drug-likeness (QED) is 0.698. The summed E-state index contributed by atoms with van der Waals surface area (Å²) in [6, 6.07) is 0. The van der Waals surface area contributed by atoms with Gasteiger partial charge in [0.1, 0.15) is 0 Å². The molecule has 1 rings (SSSR count). The summed E-state index contributed by atoms with van der Waals surface area (Å²) in [5.74, 6) is 6.18. The maximum Gasteiger partial charge on any atom is 0.223 e. The third-order valence-electron chi connectivity index (χ3n) is 2.50. The van der Waals surface area contributed by atoms with Crippen molar-refractivity contribution in [3.8, 4) is 11.8 Å². The molecule has 3 heteroatoms. The van der Waals surface area contributed by atoms with E-state index in [9.17, 15) is 4.79 Å². The second kappa shape index (κ2) is 6.47. The molecule has 1 fully saturated rings. The molecule has 0 aromatic rings. The first-order chi connectivity index (χ1) is 7.20. The fourth-order valence-electron chi connectivity index (χ4n) is 1.51. The zero-order chi connectivity index (χ0) is 11.1. The van der Waals surface area contributed by atoms with Crippen molar-refractivity contribution < 1.29 is 4.79 Å². The molecule has 0 saturated carbocycles. The third kappa shape index (κ3) is 4.85. The lowest BCUT2D eigenvalue weighted by Gasteiger charge is -2.08. The second-order valence-corrected chi connectivity index (χ2v) is 4.21. The maximum absolute atomic E-state index is 11.2. The van der Waals surface area contributed by atoms with Crippen LogP contribution in [0.4, 0.5) is 0 Å². The Bertz CT molecular complexity index is 257. The van der Waals surface area contributed by atoms with Crippen LogP contribution in [0, 0.1) is 17.8 Å². The fraction of sp³-hybridized carbons (Fsp3) is 0.750. The van der Waals surface area contributed by atoms with Gasteiger partial charge in [0, 0.05) is 5.92 Å². The van der Waals surface area contributed by atoms with Gasteiger partial charge in [-0.2, -0.15) is 0 Å². The van der Waals surface area contributed by atoms with Crippen LogP contribution < -0.4 is 5.32 Å². The van der Waals surface area contributed by atoms with Crippen LogP contribution in [-0.2, 0) is 4.79 Å². The predicted molar refractivity (Wildman–Crippen MR) is 61.3 cm³/mol. The topological polar surface area (TPSA) is 32.3 Å². The van der Waals surface area contributed by atoms with Crippen LogP contribution in [0.2, 0.25) is 0 Å². The van der Waals surface area contributed by atoms with E-state index in [1.54, 1.807) is 0 Å². The summed E-state index contributed by atoms with van der Waals surface area (Å²) < 4.78 is 0. The molecule has 0 bridgehead atoms. The Labute approximate surface area is 92.2 Å². The minimum atomic E-state index is 0.0467. The molecule has 0 unspecified atom stereocenters. The summed E-state index contributed by atoms with van der Waals surface area (Å²) in [7, 11) is 0. The monoisotopic (exact) mass is 208 g/mol. The molecule has 1 N–H and O–H groups in total. The normalized spacial score (nSPS) is 16.2. The molecule has 0 aromatic carbocycles. The number of carbonyl (C=O) groups is 1. The summed E-state index contributed by atoms with van der Waals surface area (Å²) in [5.41, 5.74) is 0. The van der Waals surface area contributed by atoms with E-state index in [4.69, 9.17) is 0 Å². The Morgan fingerprint density at radius 3 is 2.60 bits per heavy atom. The predicted octanol–water partition coefficient (Wildman–Crippen LogP) is 0.858. The highest BCUT2D eigenvalue weighted by atomic mass is 16.1. The van der Waals surface area contributed by atoms with Crippen LogP contribution in [0.25, 0.3) is 0 Å². The molecule has 15 heavy (non-hydrogen) atoms. The van der Waals surface area contributed by atoms with Crippen LogP contribution in [-0.4, -0.2) is 37.0 Å². The molecular formula is C12H20N2O. The van der Waals surface area contributed by atoms with Crippen molar-refractivity contribution in [3.63, 3.8) is 0 Å². The van der Waals surface area contributed by atoms with Gasteiger partial charge in [-0.05, 0) is 25.9 Å². The molecule has 84 valence electrons. The summed E-state index contributed by atoms with van der Waals surface area (Å²) in [5, 5.41) is 2.78. The van der Waals surface area contributed by atoms with Crippen molar-refractivity contribution >= 4 is 5.91 Å². The number of rotatable bonds is 3. The van der Waals surface area contributed by atoms with E-state index < -0.39 is 0 Å². The number of hydrogen-bond acceptors (Lipinski definition) is 2. The van der Waals surface area contributed by atoms with Gasteiger partial charge in [-0.1, -0.05) is 25.7 Å². The van der Waals surface area contributed by atoms with Crippen molar-refractivity contribution in [2.75, 3.05) is 26.2 Å². The minimum Gasteiger partial charge on any atom is -0.345 e. The van der Waals surface area contributed by atoms with Crippen LogP contribution in [0.3, 0.4) is 0 Å². The first-order valence-corrected chi connectivity index (χ1v) is 5.66. The van der Waals surface area contributed by atoms with E-state index in [1.807, 2.05) is 13.8 Å². The number of carbonyl (C=O) groups excluding carboxylic acids is 1. The van der Waals surface area contributed by atoms with Crippen LogP contribution in [0.1, 0.15) is 26.7 Å². The lowest BCUT2D eigenvalue weighted by Crippen LogP contribution is -2.28. The highest BCUT2D eigenvalue weighted by molar-refractivity contribution is 5.78.